The zero-order valence-electron chi connectivity index (χ0n) is 11.9. The normalized spacial score (nSPS) is 22.0. The molecule has 3 nitrogen and oxygen atoms in total. The third kappa shape index (κ3) is 3.18. The van der Waals surface area contributed by atoms with Crippen LogP contribution in [0.4, 0.5) is 0 Å². The molecule has 0 spiro atoms. The number of methoxy groups -OCH3 is 1. The summed E-state index contributed by atoms with van der Waals surface area (Å²) < 4.78 is 5.35. The summed E-state index contributed by atoms with van der Waals surface area (Å²) >= 11 is 1.94. The highest BCUT2D eigenvalue weighted by molar-refractivity contribution is 7.11. The molecule has 2 unspecified atom stereocenters. The summed E-state index contributed by atoms with van der Waals surface area (Å²) in [6.07, 6.45) is 7.71. The lowest BCUT2D eigenvalue weighted by atomic mass is 10.0. The van der Waals surface area contributed by atoms with Gasteiger partial charge in [0.2, 0.25) is 0 Å². The number of nitrogens with zero attached hydrogens (tertiary/aromatic N) is 1. The van der Waals surface area contributed by atoms with Crippen molar-refractivity contribution in [3.8, 4) is 0 Å². The zero-order valence-corrected chi connectivity index (χ0v) is 12.8. The summed E-state index contributed by atoms with van der Waals surface area (Å²) in [4.78, 5) is 6.47. The van der Waals surface area contributed by atoms with Gasteiger partial charge in [-0.1, -0.05) is 6.92 Å². The molecule has 0 aromatic carbocycles. The Morgan fingerprint density at radius 1 is 1.37 bits per heavy atom. The summed E-state index contributed by atoms with van der Waals surface area (Å²) in [5.41, 5.74) is 1.37. The highest BCUT2D eigenvalue weighted by Crippen LogP contribution is 2.35. The minimum atomic E-state index is 0.378. The van der Waals surface area contributed by atoms with Crippen molar-refractivity contribution in [2.75, 3.05) is 13.7 Å². The Morgan fingerprint density at radius 2 is 2.16 bits per heavy atom. The maximum absolute atomic E-state index is 5.35. The van der Waals surface area contributed by atoms with Gasteiger partial charge in [0.25, 0.3) is 0 Å². The van der Waals surface area contributed by atoms with Crippen LogP contribution in [-0.2, 0) is 17.6 Å². The van der Waals surface area contributed by atoms with Crippen molar-refractivity contribution in [3.05, 3.63) is 15.6 Å². The molecule has 2 atom stereocenters. The fraction of sp³-hybridized carbons (Fsp3) is 0.800. The van der Waals surface area contributed by atoms with E-state index in [-0.39, 0.29) is 0 Å². The summed E-state index contributed by atoms with van der Waals surface area (Å²) in [6, 6.07) is 1.09. The lowest BCUT2D eigenvalue weighted by Gasteiger charge is -2.22. The Balaban J connectivity index is 1.78. The number of hydrogen-bond donors (Lipinski definition) is 1. The molecule has 19 heavy (non-hydrogen) atoms. The summed E-state index contributed by atoms with van der Waals surface area (Å²) in [5, 5.41) is 5.06. The molecule has 1 N–H and O–H groups in total. The van der Waals surface area contributed by atoms with Crippen molar-refractivity contribution in [1.82, 2.24) is 10.3 Å². The van der Waals surface area contributed by atoms with E-state index >= 15 is 0 Å². The molecule has 0 saturated heterocycles. The highest BCUT2D eigenvalue weighted by Gasteiger charge is 2.31. The standard InChI is InChI=1S/C15H24N2OS/c1-10(9-18-2)14(16-11-7-8-11)15-17-12-5-3-4-6-13(12)19-15/h10-11,14,16H,3-9H2,1-2H3. The first kappa shape index (κ1) is 13.5. The second-order valence-corrected chi connectivity index (χ2v) is 7.10. The van der Waals surface area contributed by atoms with Crippen molar-refractivity contribution < 1.29 is 4.74 Å². The molecule has 1 saturated carbocycles. The van der Waals surface area contributed by atoms with E-state index in [2.05, 4.69) is 12.2 Å². The smallest absolute Gasteiger partial charge is 0.110 e. The Morgan fingerprint density at radius 3 is 2.84 bits per heavy atom. The van der Waals surface area contributed by atoms with Crippen LogP contribution in [0.25, 0.3) is 0 Å². The topological polar surface area (TPSA) is 34.1 Å². The minimum Gasteiger partial charge on any atom is -0.384 e. The van der Waals surface area contributed by atoms with Gasteiger partial charge in [-0.25, -0.2) is 4.98 Å². The van der Waals surface area contributed by atoms with Gasteiger partial charge in [0.05, 0.1) is 18.3 Å². The van der Waals surface area contributed by atoms with Crippen LogP contribution in [0.1, 0.15) is 54.2 Å². The van der Waals surface area contributed by atoms with Gasteiger partial charge in [-0.15, -0.1) is 11.3 Å². The Hall–Kier alpha value is -0.450. The van der Waals surface area contributed by atoms with Crippen molar-refractivity contribution in [2.45, 2.75) is 57.5 Å². The number of nitrogens with one attached hydrogen (secondary N) is 1. The molecule has 0 aliphatic heterocycles. The van der Waals surface area contributed by atoms with Crippen LogP contribution in [0.5, 0.6) is 0 Å². The van der Waals surface area contributed by atoms with Gasteiger partial charge in [0.1, 0.15) is 5.01 Å². The van der Waals surface area contributed by atoms with Gasteiger partial charge >= 0.3 is 0 Å². The quantitative estimate of drug-likeness (QED) is 0.869. The number of aromatic nitrogens is 1. The average Bonchev–Trinajstić information content (AvgIpc) is 3.13. The molecule has 106 valence electrons. The van der Waals surface area contributed by atoms with Crippen LogP contribution in [0.3, 0.4) is 0 Å². The van der Waals surface area contributed by atoms with E-state index in [0.29, 0.717) is 18.0 Å². The fourth-order valence-electron chi connectivity index (χ4n) is 2.85. The predicted molar refractivity (Wildman–Crippen MR) is 78.7 cm³/mol. The van der Waals surface area contributed by atoms with Crippen LogP contribution in [0, 0.1) is 5.92 Å². The third-order valence-electron chi connectivity index (χ3n) is 4.12. The monoisotopic (exact) mass is 280 g/mol. The third-order valence-corrected chi connectivity index (χ3v) is 5.36. The first-order valence-corrected chi connectivity index (χ1v) is 8.33. The molecule has 0 amide bonds. The van der Waals surface area contributed by atoms with E-state index in [9.17, 15) is 0 Å². The number of ether oxygens (including phenoxy) is 1. The molecule has 2 aliphatic carbocycles. The minimum absolute atomic E-state index is 0.378. The Labute approximate surface area is 119 Å². The number of thiazole rings is 1. The van der Waals surface area contributed by atoms with E-state index in [4.69, 9.17) is 9.72 Å². The van der Waals surface area contributed by atoms with Gasteiger partial charge < -0.3 is 10.1 Å². The van der Waals surface area contributed by atoms with E-state index in [1.54, 1.807) is 7.11 Å². The van der Waals surface area contributed by atoms with E-state index in [0.717, 1.165) is 6.61 Å². The van der Waals surface area contributed by atoms with E-state index < -0.39 is 0 Å². The molecule has 1 fully saturated rings. The number of hydrogen-bond acceptors (Lipinski definition) is 4. The van der Waals surface area contributed by atoms with Gasteiger partial charge in [-0.2, -0.15) is 0 Å². The van der Waals surface area contributed by atoms with Crippen LogP contribution < -0.4 is 5.32 Å². The van der Waals surface area contributed by atoms with E-state index in [1.807, 2.05) is 11.3 Å². The Bertz CT molecular complexity index is 404. The van der Waals surface area contributed by atoms with Crippen molar-refractivity contribution in [2.24, 2.45) is 5.92 Å². The molecule has 3 rings (SSSR count). The second-order valence-electron chi connectivity index (χ2n) is 5.98. The van der Waals surface area contributed by atoms with Crippen LogP contribution in [-0.4, -0.2) is 24.7 Å². The van der Waals surface area contributed by atoms with Crippen LogP contribution >= 0.6 is 11.3 Å². The van der Waals surface area contributed by atoms with E-state index in [1.165, 1.54) is 54.1 Å². The maximum Gasteiger partial charge on any atom is 0.110 e. The fourth-order valence-corrected chi connectivity index (χ4v) is 4.19. The molecule has 2 aliphatic rings. The molecule has 1 heterocycles. The average molecular weight is 280 g/mol. The predicted octanol–water partition coefficient (Wildman–Crippen LogP) is 3.10. The van der Waals surface area contributed by atoms with Crippen LogP contribution in [0.15, 0.2) is 0 Å². The molecular formula is C15H24N2OS. The molecular weight excluding hydrogens is 256 g/mol. The second kappa shape index (κ2) is 5.90. The van der Waals surface area contributed by atoms with Gasteiger partial charge in [-0.05, 0) is 38.5 Å². The highest BCUT2D eigenvalue weighted by atomic mass is 32.1. The van der Waals surface area contributed by atoms with Crippen LogP contribution in [0.2, 0.25) is 0 Å². The SMILES string of the molecule is COCC(C)C(NC1CC1)c1nc2c(s1)CCCC2. The number of rotatable bonds is 6. The lowest BCUT2D eigenvalue weighted by Crippen LogP contribution is -2.30. The lowest BCUT2D eigenvalue weighted by molar-refractivity contribution is 0.138. The maximum atomic E-state index is 5.35. The van der Waals surface area contributed by atoms with Gasteiger partial charge in [-0.3, -0.25) is 0 Å². The van der Waals surface area contributed by atoms with Crippen molar-refractivity contribution in [1.29, 1.82) is 0 Å². The summed E-state index contributed by atoms with van der Waals surface area (Å²) in [5.74, 6) is 0.484. The van der Waals surface area contributed by atoms with Crippen molar-refractivity contribution >= 4 is 11.3 Å². The first-order valence-electron chi connectivity index (χ1n) is 7.51. The molecule has 1 aromatic rings. The number of fused-ring (bicyclic) bond motifs is 1. The first-order chi connectivity index (χ1) is 9.28. The summed E-state index contributed by atoms with van der Waals surface area (Å²) in [6.45, 7) is 3.07. The van der Waals surface area contributed by atoms with Gasteiger partial charge in [0, 0.05) is 23.9 Å². The molecule has 4 heteroatoms. The number of aryl methyl sites for hydroxylation is 2. The zero-order chi connectivity index (χ0) is 13.2. The largest absolute Gasteiger partial charge is 0.384 e. The van der Waals surface area contributed by atoms with Crippen molar-refractivity contribution in [3.63, 3.8) is 0 Å². The molecule has 1 aromatic heterocycles. The Kier molecular flexibility index (Phi) is 4.20. The van der Waals surface area contributed by atoms with Gasteiger partial charge in [0.15, 0.2) is 0 Å². The summed E-state index contributed by atoms with van der Waals surface area (Å²) in [7, 11) is 1.79. The molecule has 0 bridgehead atoms. The molecule has 0 radical (unpaired) electrons.